The molecule has 4 rings (SSSR count). The summed E-state index contributed by atoms with van der Waals surface area (Å²) in [5.41, 5.74) is 3.22. The van der Waals surface area contributed by atoms with E-state index in [0.29, 0.717) is 17.0 Å². The van der Waals surface area contributed by atoms with Crippen LogP contribution >= 0.6 is 0 Å². The van der Waals surface area contributed by atoms with Crippen LogP contribution in [0.5, 0.6) is 0 Å². The van der Waals surface area contributed by atoms with Gasteiger partial charge in [0.15, 0.2) is 11.5 Å². The lowest BCUT2D eigenvalue weighted by Gasteiger charge is -2.33. The first kappa shape index (κ1) is 22.7. The number of hydrogen-bond donors (Lipinski definition) is 0. The molecule has 0 bridgehead atoms. The Morgan fingerprint density at radius 3 is 2.45 bits per heavy atom. The predicted octanol–water partition coefficient (Wildman–Crippen LogP) is 4.27. The van der Waals surface area contributed by atoms with Crippen molar-refractivity contribution in [1.82, 2.24) is 19.5 Å². The lowest BCUT2D eigenvalue weighted by atomic mass is 9.96. The minimum Gasteiger partial charge on any atom is -0.340 e. The van der Waals surface area contributed by atoms with E-state index in [2.05, 4.69) is 50.7 Å². The molecule has 9 nitrogen and oxygen atoms in total. The number of benzene rings is 1. The molecule has 1 aromatic carbocycles. The highest BCUT2D eigenvalue weighted by Gasteiger charge is 2.34. The third kappa shape index (κ3) is 3.80. The van der Waals surface area contributed by atoms with E-state index in [1.54, 1.807) is 12.1 Å². The molecule has 1 aliphatic rings. The first-order chi connectivity index (χ1) is 15.5. The molecule has 172 valence electrons. The average molecular weight is 448 g/mol. The molecule has 0 spiro atoms. The van der Waals surface area contributed by atoms with E-state index in [1.165, 1.54) is 12.1 Å². The number of pyridine rings is 1. The first-order valence-electron chi connectivity index (χ1n) is 11.1. The van der Waals surface area contributed by atoms with Crippen molar-refractivity contribution in [1.29, 1.82) is 5.26 Å². The summed E-state index contributed by atoms with van der Waals surface area (Å²) in [5.74, 6) is 1.54. The minimum atomic E-state index is -0.406. The van der Waals surface area contributed by atoms with Crippen LogP contribution in [0, 0.1) is 28.4 Å². The van der Waals surface area contributed by atoms with Gasteiger partial charge in [-0.3, -0.25) is 15.0 Å². The van der Waals surface area contributed by atoms with Crippen LogP contribution in [0.4, 0.5) is 11.5 Å². The Hall–Kier alpha value is -3.51. The maximum absolute atomic E-state index is 11.2. The van der Waals surface area contributed by atoms with Gasteiger partial charge in [-0.1, -0.05) is 20.8 Å². The summed E-state index contributed by atoms with van der Waals surface area (Å²) in [4.78, 5) is 20.1. The van der Waals surface area contributed by atoms with Gasteiger partial charge in [0.05, 0.1) is 11.1 Å². The summed E-state index contributed by atoms with van der Waals surface area (Å²) in [7, 11) is 4.12. The summed E-state index contributed by atoms with van der Waals surface area (Å²) in [5, 5.41) is 26.2. The van der Waals surface area contributed by atoms with Gasteiger partial charge in [-0.2, -0.15) is 9.78 Å². The van der Waals surface area contributed by atoms with Crippen molar-refractivity contribution in [2.75, 3.05) is 25.5 Å². The first-order valence-corrected chi connectivity index (χ1v) is 11.1. The van der Waals surface area contributed by atoms with Gasteiger partial charge in [0, 0.05) is 29.7 Å². The van der Waals surface area contributed by atoms with E-state index in [9.17, 15) is 15.4 Å². The highest BCUT2D eigenvalue weighted by molar-refractivity contribution is 5.85. The molecular formula is C24H29N7O2. The standard InChI is InChI=1S/C24H29N7O2/c1-15-18(14-25)21-26-23(24(2,3)4)27-30(21)22(29-13-7-8-19(29)28(5)6)20(15)16-9-11-17(12-10-16)31(32)33/h9-12,19H,7-8,13H2,1-6H3. The number of hydrogen-bond acceptors (Lipinski definition) is 7. The van der Waals surface area contributed by atoms with Gasteiger partial charge in [0.25, 0.3) is 5.69 Å². The molecule has 1 saturated heterocycles. The maximum atomic E-state index is 11.2. The van der Waals surface area contributed by atoms with Gasteiger partial charge in [0.2, 0.25) is 0 Å². The topological polar surface area (TPSA) is 104 Å². The smallest absolute Gasteiger partial charge is 0.269 e. The molecule has 0 N–H and O–H groups in total. The number of anilines is 1. The molecule has 3 aromatic rings. The van der Waals surface area contributed by atoms with Crippen LogP contribution in [0.1, 0.15) is 50.6 Å². The molecular weight excluding hydrogens is 418 g/mol. The van der Waals surface area contributed by atoms with Gasteiger partial charge in [-0.05, 0) is 57.1 Å². The lowest BCUT2D eigenvalue weighted by molar-refractivity contribution is -0.384. The Morgan fingerprint density at radius 1 is 1.24 bits per heavy atom. The normalized spacial score (nSPS) is 16.5. The number of rotatable bonds is 4. The van der Waals surface area contributed by atoms with Crippen LogP contribution in [0.2, 0.25) is 0 Å². The second kappa shape index (κ2) is 8.12. The molecule has 0 saturated carbocycles. The molecule has 0 radical (unpaired) electrons. The van der Waals surface area contributed by atoms with Crippen LogP contribution in [-0.2, 0) is 5.41 Å². The van der Waals surface area contributed by atoms with Crippen molar-refractivity contribution >= 4 is 17.2 Å². The van der Waals surface area contributed by atoms with E-state index in [-0.39, 0.29) is 17.3 Å². The second-order valence-electron chi connectivity index (χ2n) is 9.82. The summed E-state index contributed by atoms with van der Waals surface area (Å²) >= 11 is 0. The number of fused-ring (bicyclic) bond motifs is 1. The molecule has 0 aliphatic carbocycles. The van der Waals surface area contributed by atoms with Crippen molar-refractivity contribution in [3.05, 3.63) is 51.3 Å². The quantitative estimate of drug-likeness (QED) is 0.434. The fourth-order valence-corrected chi connectivity index (χ4v) is 4.53. The van der Waals surface area contributed by atoms with Crippen molar-refractivity contribution in [2.24, 2.45) is 0 Å². The highest BCUT2D eigenvalue weighted by atomic mass is 16.6. The van der Waals surface area contributed by atoms with E-state index in [1.807, 2.05) is 11.4 Å². The lowest BCUT2D eigenvalue weighted by Crippen LogP contribution is -2.41. The summed E-state index contributed by atoms with van der Waals surface area (Å²) in [6.07, 6.45) is 2.21. The zero-order valence-electron chi connectivity index (χ0n) is 20.0. The van der Waals surface area contributed by atoms with Crippen LogP contribution in [0.3, 0.4) is 0 Å². The number of nitriles is 1. The molecule has 2 aromatic heterocycles. The summed E-state index contributed by atoms with van der Waals surface area (Å²) < 4.78 is 1.81. The highest BCUT2D eigenvalue weighted by Crippen LogP contribution is 2.41. The second-order valence-corrected chi connectivity index (χ2v) is 9.82. The number of aromatic nitrogens is 3. The molecule has 0 amide bonds. The van der Waals surface area contributed by atoms with Crippen molar-refractivity contribution in [3.63, 3.8) is 0 Å². The zero-order valence-corrected chi connectivity index (χ0v) is 20.0. The third-order valence-corrected chi connectivity index (χ3v) is 6.24. The summed E-state index contributed by atoms with van der Waals surface area (Å²) in [6, 6.07) is 8.84. The van der Waals surface area contributed by atoms with E-state index in [4.69, 9.17) is 10.1 Å². The Morgan fingerprint density at radius 2 is 1.91 bits per heavy atom. The van der Waals surface area contributed by atoms with Crippen LogP contribution in [0.15, 0.2) is 24.3 Å². The average Bonchev–Trinajstić information content (AvgIpc) is 3.40. The van der Waals surface area contributed by atoms with Gasteiger partial charge >= 0.3 is 0 Å². The largest absolute Gasteiger partial charge is 0.340 e. The van der Waals surface area contributed by atoms with E-state index >= 15 is 0 Å². The SMILES string of the molecule is Cc1c(-c2ccc([N+](=O)[O-])cc2)c(N2CCCC2N(C)C)n2nc(C(C)(C)C)nc2c1C#N. The molecule has 1 aliphatic heterocycles. The Bertz CT molecular complexity index is 1260. The minimum absolute atomic E-state index is 0.0302. The fraction of sp³-hybridized carbons (Fsp3) is 0.458. The number of nitro benzene ring substituents is 1. The molecule has 1 fully saturated rings. The van der Waals surface area contributed by atoms with E-state index < -0.39 is 4.92 Å². The van der Waals surface area contributed by atoms with Crippen LogP contribution < -0.4 is 4.90 Å². The molecule has 1 unspecified atom stereocenters. The molecule has 1 atom stereocenters. The van der Waals surface area contributed by atoms with Gasteiger partial charge in [0.1, 0.15) is 17.5 Å². The van der Waals surface area contributed by atoms with Gasteiger partial charge < -0.3 is 4.90 Å². The third-order valence-electron chi connectivity index (χ3n) is 6.24. The Balaban J connectivity index is 2.10. The van der Waals surface area contributed by atoms with Gasteiger partial charge in [-0.15, -0.1) is 5.10 Å². The van der Waals surface area contributed by atoms with Crippen molar-refractivity contribution < 1.29 is 4.92 Å². The van der Waals surface area contributed by atoms with E-state index in [0.717, 1.165) is 41.9 Å². The molecule has 9 heteroatoms. The maximum Gasteiger partial charge on any atom is 0.269 e. The Kier molecular flexibility index (Phi) is 5.58. The van der Waals surface area contributed by atoms with Crippen LogP contribution in [-0.4, -0.2) is 51.2 Å². The zero-order chi connectivity index (χ0) is 24.1. The number of nitrogens with zero attached hydrogens (tertiary/aromatic N) is 7. The Labute approximate surface area is 193 Å². The number of non-ortho nitro benzene ring substituents is 1. The monoisotopic (exact) mass is 447 g/mol. The van der Waals surface area contributed by atoms with Crippen molar-refractivity contribution in [2.45, 2.75) is 52.1 Å². The van der Waals surface area contributed by atoms with Crippen molar-refractivity contribution in [3.8, 4) is 17.2 Å². The molecule has 33 heavy (non-hydrogen) atoms. The summed E-state index contributed by atoms with van der Waals surface area (Å²) in [6.45, 7) is 8.92. The van der Waals surface area contributed by atoms with Gasteiger partial charge in [-0.25, -0.2) is 4.98 Å². The van der Waals surface area contributed by atoms with Crippen LogP contribution in [0.25, 0.3) is 16.8 Å². The molecule has 3 heterocycles. The number of nitro groups is 1. The predicted molar refractivity (Wildman–Crippen MR) is 127 cm³/mol. The fourth-order valence-electron chi connectivity index (χ4n) is 4.53.